The van der Waals surface area contributed by atoms with Gasteiger partial charge in [0.25, 0.3) is 0 Å². The molecule has 0 atom stereocenters. The van der Waals surface area contributed by atoms with Crippen LogP contribution in [0.4, 0.5) is 0 Å². The van der Waals surface area contributed by atoms with Crippen LogP contribution in [-0.4, -0.2) is 36.8 Å². The van der Waals surface area contributed by atoms with Crippen molar-refractivity contribution in [2.24, 2.45) is 5.92 Å². The van der Waals surface area contributed by atoms with E-state index >= 15 is 0 Å². The minimum Gasteiger partial charge on any atom is -0.314 e. The topological polar surface area (TPSA) is 36.1 Å². The zero-order chi connectivity index (χ0) is 24.3. The predicted molar refractivity (Wildman–Crippen MR) is 149 cm³/mol. The normalized spacial score (nSPS) is 21.7. The average molecular weight is 466 g/mol. The van der Waals surface area contributed by atoms with Crippen molar-refractivity contribution in [1.29, 1.82) is 0 Å². The Balaban J connectivity index is 0.000000247. The molecule has 0 unspecified atom stereocenters. The summed E-state index contributed by atoms with van der Waals surface area (Å²) in [6, 6.07) is 3.63. The van der Waals surface area contributed by atoms with Crippen LogP contribution >= 0.6 is 0 Å². The molecule has 3 aliphatic rings. The summed E-state index contributed by atoms with van der Waals surface area (Å²) in [4.78, 5) is 0. The second-order valence-electron chi connectivity index (χ2n) is 12.1. The van der Waals surface area contributed by atoms with Gasteiger partial charge in [-0.1, -0.05) is 112 Å². The van der Waals surface area contributed by atoms with E-state index in [9.17, 15) is 0 Å². The van der Waals surface area contributed by atoms with Crippen molar-refractivity contribution in [3.05, 3.63) is 0 Å². The summed E-state index contributed by atoms with van der Waals surface area (Å²) in [6.45, 7) is 14.7. The molecule has 3 nitrogen and oxygen atoms in total. The fraction of sp³-hybridized carbons (Fsp3) is 1.00. The van der Waals surface area contributed by atoms with Gasteiger partial charge in [-0.3, -0.25) is 0 Å². The van der Waals surface area contributed by atoms with Gasteiger partial charge < -0.3 is 16.0 Å². The first-order valence-corrected chi connectivity index (χ1v) is 15.1. The van der Waals surface area contributed by atoms with Gasteiger partial charge in [0.15, 0.2) is 0 Å². The predicted octanol–water partition coefficient (Wildman–Crippen LogP) is 7.98. The van der Waals surface area contributed by atoms with E-state index in [2.05, 4.69) is 57.5 Å². The van der Waals surface area contributed by atoms with Gasteiger partial charge in [0.05, 0.1) is 0 Å². The van der Waals surface area contributed by atoms with Crippen molar-refractivity contribution >= 4 is 0 Å². The first kappa shape index (κ1) is 30.9. The molecule has 3 saturated carbocycles. The SMILES string of the molecule is CC(C)NC1CCCCCC1.CC(C)NC1CCCCCC1.CC(C)NCC1CCCCC1. The summed E-state index contributed by atoms with van der Waals surface area (Å²) in [5.41, 5.74) is 0. The third kappa shape index (κ3) is 18.8. The largest absolute Gasteiger partial charge is 0.314 e. The Labute approximate surface area is 209 Å². The molecule has 33 heavy (non-hydrogen) atoms. The fourth-order valence-corrected chi connectivity index (χ4v) is 5.63. The summed E-state index contributed by atoms with van der Waals surface area (Å²) in [5, 5.41) is 10.8. The molecule has 3 N–H and O–H groups in total. The lowest BCUT2D eigenvalue weighted by molar-refractivity contribution is 0.334. The van der Waals surface area contributed by atoms with Crippen LogP contribution in [0.2, 0.25) is 0 Å². The lowest BCUT2D eigenvalue weighted by atomic mass is 9.89. The van der Waals surface area contributed by atoms with E-state index in [1.807, 2.05) is 0 Å². The van der Waals surface area contributed by atoms with Crippen LogP contribution in [0.1, 0.15) is 151 Å². The van der Waals surface area contributed by atoms with Crippen molar-refractivity contribution in [3.63, 3.8) is 0 Å². The van der Waals surface area contributed by atoms with Gasteiger partial charge in [0.2, 0.25) is 0 Å². The summed E-state index contributed by atoms with van der Waals surface area (Å²) < 4.78 is 0. The Morgan fingerprint density at radius 1 is 0.455 bits per heavy atom. The van der Waals surface area contributed by atoms with Crippen LogP contribution in [0.3, 0.4) is 0 Å². The lowest BCUT2D eigenvalue weighted by Gasteiger charge is -2.22. The fourth-order valence-electron chi connectivity index (χ4n) is 5.63. The number of hydrogen-bond acceptors (Lipinski definition) is 3. The Kier molecular flexibility index (Phi) is 18.8. The summed E-state index contributed by atoms with van der Waals surface area (Å²) in [5.74, 6) is 0.978. The number of rotatable bonds is 7. The third-order valence-corrected chi connectivity index (χ3v) is 7.39. The van der Waals surface area contributed by atoms with Crippen LogP contribution < -0.4 is 16.0 Å². The molecule has 3 heteroatoms. The van der Waals surface area contributed by atoms with Gasteiger partial charge in [-0.25, -0.2) is 0 Å². The number of hydrogen-bond donors (Lipinski definition) is 3. The van der Waals surface area contributed by atoms with Gasteiger partial charge in [-0.2, -0.15) is 0 Å². The first-order chi connectivity index (χ1) is 15.9. The quantitative estimate of drug-likeness (QED) is 0.333. The van der Waals surface area contributed by atoms with E-state index in [4.69, 9.17) is 0 Å². The molecule has 0 heterocycles. The maximum Gasteiger partial charge on any atom is 0.00694 e. The second-order valence-corrected chi connectivity index (χ2v) is 12.1. The van der Waals surface area contributed by atoms with E-state index in [-0.39, 0.29) is 0 Å². The van der Waals surface area contributed by atoms with E-state index < -0.39 is 0 Å². The molecule has 0 aromatic heterocycles. The van der Waals surface area contributed by atoms with Crippen LogP contribution in [0, 0.1) is 5.92 Å². The molecule has 0 spiro atoms. The van der Waals surface area contributed by atoms with Crippen molar-refractivity contribution in [2.45, 2.75) is 181 Å². The zero-order valence-corrected chi connectivity index (χ0v) is 23.7. The molecule has 3 aliphatic carbocycles. The smallest absolute Gasteiger partial charge is 0.00694 e. The van der Waals surface area contributed by atoms with E-state index in [0.29, 0.717) is 18.1 Å². The number of nitrogens with one attached hydrogen (secondary N) is 3. The van der Waals surface area contributed by atoms with Gasteiger partial charge >= 0.3 is 0 Å². The van der Waals surface area contributed by atoms with Crippen molar-refractivity contribution in [3.8, 4) is 0 Å². The highest BCUT2D eigenvalue weighted by Gasteiger charge is 2.13. The molecular weight excluding hydrogens is 402 g/mol. The van der Waals surface area contributed by atoms with E-state index in [0.717, 1.165) is 18.0 Å². The van der Waals surface area contributed by atoms with Gasteiger partial charge in [0.1, 0.15) is 0 Å². The summed E-state index contributed by atoms with van der Waals surface area (Å²) in [6.07, 6.45) is 24.5. The second kappa shape index (κ2) is 20.1. The monoisotopic (exact) mass is 466 g/mol. The van der Waals surface area contributed by atoms with E-state index in [1.54, 1.807) is 0 Å². The lowest BCUT2D eigenvalue weighted by Crippen LogP contribution is -2.34. The maximum absolute atomic E-state index is 3.62. The molecule has 0 radical (unpaired) electrons. The van der Waals surface area contributed by atoms with Crippen LogP contribution in [0.25, 0.3) is 0 Å². The van der Waals surface area contributed by atoms with Crippen molar-refractivity contribution in [2.75, 3.05) is 6.54 Å². The Hall–Kier alpha value is -0.120. The third-order valence-electron chi connectivity index (χ3n) is 7.39. The van der Waals surface area contributed by atoms with Gasteiger partial charge in [0, 0.05) is 30.2 Å². The summed E-state index contributed by atoms with van der Waals surface area (Å²) >= 11 is 0. The molecule has 0 saturated heterocycles. The van der Waals surface area contributed by atoms with Crippen LogP contribution in [-0.2, 0) is 0 Å². The van der Waals surface area contributed by atoms with Gasteiger partial charge in [-0.05, 0) is 51.0 Å². The minimum absolute atomic E-state index is 0.664. The molecule has 198 valence electrons. The zero-order valence-electron chi connectivity index (χ0n) is 23.7. The molecular formula is C30H63N3. The van der Waals surface area contributed by atoms with Crippen LogP contribution in [0.15, 0.2) is 0 Å². The molecule has 0 aliphatic heterocycles. The molecule has 3 rings (SSSR count). The van der Waals surface area contributed by atoms with Crippen LogP contribution in [0.5, 0.6) is 0 Å². The average Bonchev–Trinajstić information content (AvgIpc) is 3.18. The molecule has 0 aromatic carbocycles. The van der Waals surface area contributed by atoms with Crippen molar-refractivity contribution in [1.82, 2.24) is 16.0 Å². The summed E-state index contributed by atoms with van der Waals surface area (Å²) in [7, 11) is 0. The Bertz CT molecular complexity index is 373. The minimum atomic E-state index is 0.664. The highest BCUT2D eigenvalue weighted by Crippen LogP contribution is 2.22. The molecule has 0 aromatic rings. The highest BCUT2D eigenvalue weighted by molar-refractivity contribution is 4.73. The molecule has 0 amide bonds. The Morgan fingerprint density at radius 2 is 0.788 bits per heavy atom. The maximum atomic E-state index is 3.62. The van der Waals surface area contributed by atoms with Gasteiger partial charge in [-0.15, -0.1) is 0 Å². The highest BCUT2D eigenvalue weighted by atomic mass is 14.9. The standard InChI is InChI=1S/3C10H21N/c1-9(2)11-8-10-6-4-3-5-7-10;2*1-9(2)11-10-7-5-3-4-6-8-10/h3*9-11H,3-8H2,1-2H3. The Morgan fingerprint density at radius 3 is 1.12 bits per heavy atom. The molecule has 0 bridgehead atoms. The molecule has 3 fully saturated rings. The van der Waals surface area contributed by atoms with Crippen molar-refractivity contribution < 1.29 is 0 Å². The first-order valence-electron chi connectivity index (χ1n) is 15.1. The van der Waals surface area contributed by atoms with E-state index in [1.165, 1.54) is 116 Å².